The predicted molar refractivity (Wildman–Crippen MR) is 291 cm³/mol. The molecule has 324 valence electrons. The molecule has 0 amide bonds. The SMILES string of the molecule is c1ccc(C2=NC(c3ccccc3-n3c4cc(-c5cccc6c5sc5ccccc56)ccc4c4c(-c5cccc6c5c5ccccc5n6-c5ccccc5)cccc43)=NC(c3ccccc3)N2)cc1. The van der Waals surface area contributed by atoms with Gasteiger partial charge in [-0.2, -0.15) is 0 Å². The molecule has 69 heavy (non-hydrogen) atoms. The minimum absolute atomic E-state index is 0.335. The molecule has 4 heterocycles. The second-order valence-electron chi connectivity index (χ2n) is 17.7. The van der Waals surface area contributed by atoms with Gasteiger partial charge in [0.25, 0.3) is 0 Å². The first-order chi connectivity index (χ1) is 34.2. The third-order valence-electron chi connectivity index (χ3n) is 13.8. The third kappa shape index (κ3) is 6.30. The molecule has 0 radical (unpaired) electrons. The Morgan fingerprint density at radius 2 is 0.986 bits per heavy atom. The molecule has 0 aliphatic carbocycles. The number of rotatable bonds is 7. The van der Waals surface area contributed by atoms with Crippen molar-refractivity contribution in [2.24, 2.45) is 9.98 Å². The van der Waals surface area contributed by atoms with Gasteiger partial charge in [-0.15, -0.1) is 11.3 Å². The van der Waals surface area contributed by atoms with E-state index in [2.05, 4.69) is 239 Å². The van der Waals surface area contributed by atoms with Gasteiger partial charge in [0, 0.05) is 58.5 Å². The number of thiophene rings is 1. The Balaban J connectivity index is 1.06. The van der Waals surface area contributed by atoms with Crippen molar-refractivity contribution in [3.05, 3.63) is 253 Å². The molecule has 3 aromatic heterocycles. The van der Waals surface area contributed by atoms with Gasteiger partial charge in [-0.05, 0) is 82.4 Å². The van der Waals surface area contributed by atoms with Gasteiger partial charge in [0.2, 0.25) is 0 Å². The van der Waals surface area contributed by atoms with Gasteiger partial charge in [0.1, 0.15) is 12.0 Å². The number of nitrogens with one attached hydrogen (secondary N) is 1. The van der Waals surface area contributed by atoms with Crippen LogP contribution in [0.2, 0.25) is 0 Å². The summed E-state index contributed by atoms with van der Waals surface area (Å²) in [6.07, 6.45) is -0.335. The Bertz CT molecular complexity index is 4220. The molecule has 1 aliphatic heterocycles. The lowest BCUT2D eigenvalue weighted by molar-refractivity contribution is 0.674. The molecular formula is C63H41N5S. The highest BCUT2D eigenvalue weighted by atomic mass is 32.1. The molecule has 0 spiro atoms. The van der Waals surface area contributed by atoms with Crippen molar-refractivity contribution in [3.8, 4) is 33.6 Å². The Morgan fingerprint density at radius 3 is 1.78 bits per heavy atom. The lowest BCUT2D eigenvalue weighted by Crippen LogP contribution is -2.33. The van der Waals surface area contributed by atoms with Crippen LogP contribution in [0.5, 0.6) is 0 Å². The first-order valence-corrected chi connectivity index (χ1v) is 24.3. The summed E-state index contributed by atoms with van der Waals surface area (Å²) in [6, 6.07) is 85.2. The van der Waals surface area contributed by atoms with Crippen molar-refractivity contribution in [3.63, 3.8) is 0 Å². The van der Waals surface area contributed by atoms with E-state index in [0.717, 1.165) is 44.9 Å². The molecule has 0 saturated heterocycles. The molecular weight excluding hydrogens is 859 g/mol. The number of benzene rings is 10. The fraction of sp³-hybridized carbons (Fsp3) is 0.0159. The van der Waals surface area contributed by atoms with Gasteiger partial charge in [-0.1, -0.05) is 182 Å². The zero-order chi connectivity index (χ0) is 45.4. The van der Waals surface area contributed by atoms with E-state index >= 15 is 0 Å². The zero-order valence-electron chi connectivity index (χ0n) is 37.3. The van der Waals surface area contributed by atoms with Crippen LogP contribution in [-0.2, 0) is 0 Å². The van der Waals surface area contributed by atoms with Gasteiger partial charge in [-0.3, -0.25) is 0 Å². The highest BCUT2D eigenvalue weighted by Crippen LogP contribution is 2.46. The smallest absolute Gasteiger partial charge is 0.161 e. The second-order valence-corrected chi connectivity index (χ2v) is 18.7. The molecule has 0 fully saturated rings. The van der Waals surface area contributed by atoms with Crippen molar-refractivity contribution >= 4 is 86.8 Å². The number of amidine groups is 2. The number of fused-ring (bicyclic) bond motifs is 9. The van der Waals surface area contributed by atoms with Gasteiger partial charge in [0.15, 0.2) is 5.84 Å². The fourth-order valence-corrected chi connectivity index (χ4v) is 12.0. The monoisotopic (exact) mass is 899 g/mol. The maximum absolute atomic E-state index is 5.41. The second kappa shape index (κ2) is 15.9. The summed E-state index contributed by atoms with van der Waals surface area (Å²) >= 11 is 1.87. The maximum atomic E-state index is 5.41. The van der Waals surface area contributed by atoms with E-state index in [0.29, 0.717) is 5.84 Å². The third-order valence-corrected chi connectivity index (χ3v) is 15.0. The number of hydrogen-bond donors (Lipinski definition) is 1. The molecule has 1 atom stereocenters. The van der Waals surface area contributed by atoms with Crippen LogP contribution in [0.25, 0.3) is 97.4 Å². The minimum atomic E-state index is -0.335. The quantitative estimate of drug-likeness (QED) is 0.170. The normalized spacial score (nSPS) is 13.9. The van der Waals surface area contributed by atoms with Gasteiger partial charge in [0.05, 0.1) is 27.8 Å². The van der Waals surface area contributed by atoms with Crippen LogP contribution in [-0.4, -0.2) is 20.8 Å². The van der Waals surface area contributed by atoms with Crippen LogP contribution in [0.3, 0.4) is 0 Å². The first kappa shape index (κ1) is 39.3. The number of aliphatic imine (C=N–C) groups is 2. The van der Waals surface area contributed by atoms with Gasteiger partial charge in [-0.25, -0.2) is 9.98 Å². The van der Waals surface area contributed by atoms with Crippen molar-refractivity contribution in [1.82, 2.24) is 14.5 Å². The molecule has 0 saturated carbocycles. The summed E-state index contributed by atoms with van der Waals surface area (Å²) in [5, 5.41) is 11.1. The number of nitrogens with zero attached hydrogens (tertiary/aromatic N) is 4. The molecule has 6 heteroatoms. The van der Waals surface area contributed by atoms with Crippen LogP contribution in [0.15, 0.2) is 247 Å². The lowest BCUT2D eigenvalue weighted by Gasteiger charge is -2.24. The van der Waals surface area contributed by atoms with E-state index < -0.39 is 0 Å². The predicted octanol–water partition coefficient (Wildman–Crippen LogP) is 16.1. The molecule has 1 aliphatic rings. The van der Waals surface area contributed by atoms with Crippen LogP contribution in [0.4, 0.5) is 0 Å². The molecule has 5 nitrogen and oxygen atoms in total. The molecule has 13 aromatic rings. The summed E-state index contributed by atoms with van der Waals surface area (Å²) < 4.78 is 7.46. The summed E-state index contributed by atoms with van der Waals surface area (Å²) in [4.78, 5) is 10.8. The standard InChI is InChI=1S/C63H41N5S/c1-4-19-40(20-5-1)61-64-62(41-21-6-2-7-22-41)66-63(65-61)51-27-11-14-33-53(51)68-55-35-18-30-47(46-29-17-34-54-58(46)49-26-10-13-32-52(49)67(54)43-23-8-3-9-24-43)59(55)50-38-37-42(39-56(50)68)44-28-16-31-48-45-25-12-15-36-57(45)69-60(44)48/h1-39,61H,(H,64,65,66). The van der Waals surface area contributed by atoms with E-state index in [1.807, 2.05) is 23.5 Å². The molecule has 1 N–H and O–H groups in total. The highest BCUT2D eigenvalue weighted by Gasteiger charge is 2.26. The molecule has 0 bridgehead atoms. The largest absolute Gasteiger partial charge is 0.344 e. The average Bonchev–Trinajstić information content (AvgIpc) is 4.09. The summed E-state index contributed by atoms with van der Waals surface area (Å²) in [6.45, 7) is 0. The van der Waals surface area contributed by atoms with E-state index in [1.165, 1.54) is 75.0 Å². The molecule has 1 unspecified atom stereocenters. The van der Waals surface area contributed by atoms with Crippen LogP contribution >= 0.6 is 11.3 Å². The highest BCUT2D eigenvalue weighted by molar-refractivity contribution is 7.26. The number of para-hydroxylation sites is 3. The van der Waals surface area contributed by atoms with E-state index in [9.17, 15) is 0 Å². The topological polar surface area (TPSA) is 46.6 Å². The fourth-order valence-electron chi connectivity index (χ4n) is 10.8. The van der Waals surface area contributed by atoms with Crippen molar-refractivity contribution < 1.29 is 0 Å². The van der Waals surface area contributed by atoms with Crippen LogP contribution < -0.4 is 5.32 Å². The van der Waals surface area contributed by atoms with Crippen molar-refractivity contribution in [1.29, 1.82) is 0 Å². The summed E-state index contributed by atoms with van der Waals surface area (Å²) in [7, 11) is 0. The maximum Gasteiger partial charge on any atom is 0.161 e. The van der Waals surface area contributed by atoms with Crippen molar-refractivity contribution in [2.45, 2.75) is 6.17 Å². The summed E-state index contributed by atoms with van der Waals surface area (Å²) in [5.74, 6) is 1.46. The van der Waals surface area contributed by atoms with Crippen molar-refractivity contribution in [2.75, 3.05) is 0 Å². The Morgan fingerprint density at radius 1 is 0.406 bits per heavy atom. The first-order valence-electron chi connectivity index (χ1n) is 23.4. The lowest BCUT2D eigenvalue weighted by atomic mass is 9.94. The van der Waals surface area contributed by atoms with Gasteiger partial charge >= 0.3 is 0 Å². The Labute approximate surface area is 402 Å². The Kier molecular flexibility index (Phi) is 9.07. The van der Waals surface area contributed by atoms with Crippen LogP contribution in [0, 0.1) is 0 Å². The summed E-state index contributed by atoms with van der Waals surface area (Å²) in [5.41, 5.74) is 14.5. The number of aromatic nitrogens is 2. The van der Waals surface area contributed by atoms with Gasteiger partial charge < -0.3 is 14.5 Å². The zero-order valence-corrected chi connectivity index (χ0v) is 38.1. The van der Waals surface area contributed by atoms with E-state index in [4.69, 9.17) is 9.98 Å². The van der Waals surface area contributed by atoms with E-state index in [1.54, 1.807) is 0 Å². The Hall–Kier alpha value is -8.84. The molecule has 14 rings (SSSR count). The average molecular weight is 900 g/mol. The number of hydrogen-bond acceptors (Lipinski definition) is 4. The van der Waals surface area contributed by atoms with Crippen LogP contribution in [0.1, 0.15) is 22.9 Å². The van der Waals surface area contributed by atoms with E-state index in [-0.39, 0.29) is 6.17 Å². The minimum Gasteiger partial charge on any atom is -0.344 e. The molecule has 10 aromatic carbocycles.